The number of anilines is 2. The highest BCUT2D eigenvalue weighted by atomic mass is 16.5. The molecule has 0 saturated carbocycles. The number of benzene rings is 1. The lowest BCUT2D eigenvalue weighted by atomic mass is 10.1. The number of ether oxygens (including phenoxy) is 2. The van der Waals surface area contributed by atoms with Crippen LogP contribution in [0.2, 0.25) is 0 Å². The van der Waals surface area contributed by atoms with Crippen LogP contribution in [0, 0.1) is 0 Å². The minimum atomic E-state index is 0.742. The molecule has 1 aliphatic rings. The van der Waals surface area contributed by atoms with Crippen molar-refractivity contribution < 1.29 is 9.47 Å². The van der Waals surface area contributed by atoms with Crippen molar-refractivity contribution in [2.24, 2.45) is 0 Å². The van der Waals surface area contributed by atoms with Gasteiger partial charge in [0.05, 0.1) is 14.2 Å². The van der Waals surface area contributed by atoms with Gasteiger partial charge in [-0.15, -0.1) is 0 Å². The average molecular weight is 377 g/mol. The van der Waals surface area contributed by atoms with Crippen LogP contribution in [0.15, 0.2) is 55.1 Å². The molecule has 0 amide bonds. The zero-order valence-corrected chi connectivity index (χ0v) is 16.1. The zero-order valence-electron chi connectivity index (χ0n) is 16.1. The predicted molar refractivity (Wildman–Crippen MR) is 109 cm³/mol. The highest BCUT2D eigenvalue weighted by Gasteiger charge is 2.22. The Morgan fingerprint density at radius 1 is 0.750 bits per heavy atom. The normalized spacial score (nSPS) is 14.1. The number of pyridine rings is 1. The summed E-state index contributed by atoms with van der Waals surface area (Å²) >= 11 is 0. The summed E-state index contributed by atoms with van der Waals surface area (Å²) in [5.74, 6) is 2.41. The lowest BCUT2D eigenvalue weighted by Gasteiger charge is -2.37. The van der Waals surface area contributed by atoms with Crippen LogP contribution in [-0.4, -0.2) is 55.4 Å². The molecule has 4 rings (SSSR count). The van der Waals surface area contributed by atoms with Crippen molar-refractivity contribution in [2.75, 3.05) is 50.2 Å². The maximum Gasteiger partial charge on any atom is 0.162 e. The molecule has 144 valence electrons. The molecule has 1 aliphatic heterocycles. The summed E-state index contributed by atoms with van der Waals surface area (Å²) in [5.41, 5.74) is 3.05. The predicted octanol–water partition coefficient (Wildman–Crippen LogP) is 2.88. The number of nitrogens with zero attached hydrogens (tertiary/aromatic N) is 5. The Morgan fingerprint density at radius 3 is 2.14 bits per heavy atom. The van der Waals surface area contributed by atoms with Gasteiger partial charge in [0.1, 0.15) is 5.69 Å². The van der Waals surface area contributed by atoms with Crippen LogP contribution >= 0.6 is 0 Å². The third-order valence-electron chi connectivity index (χ3n) is 4.94. The summed E-state index contributed by atoms with van der Waals surface area (Å²) in [6.45, 7) is 3.51. The van der Waals surface area contributed by atoms with Crippen LogP contribution in [0.3, 0.4) is 0 Å². The monoisotopic (exact) mass is 377 g/mol. The molecule has 7 heteroatoms. The molecule has 0 N–H and O–H groups in total. The third-order valence-corrected chi connectivity index (χ3v) is 4.94. The summed E-state index contributed by atoms with van der Waals surface area (Å²) < 4.78 is 10.8. The van der Waals surface area contributed by atoms with E-state index >= 15 is 0 Å². The molecule has 2 aromatic heterocycles. The zero-order chi connectivity index (χ0) is 19.3. The van der Waals surface area contributed by atoms with E-state index < -0.39 is 0 Å². The standard InChI is InChI=1S/C21H23N5O2/c1-27-18-4-3-17(15-19(18)28-2)25-11-13-26(14-12-25)21-20(23-9-10-24-21)16-5-7-22-8-6-16/h3-10,15H,11-14H2,1-2H3. The van der Waals surface area contributed by atoms with Gasteiger partial charge in [-0.05, 0) is 24.3 Å². The van der Waals surface area contributed by atoms with Gasteiger partial charge in [0.15, 0.2) is 17.3 Å². The van der Waals surface area contributed by atoms with Gasteiger partial charge < -0.3 is 19.3 Å². The van der Waals surface area contributed by atoms with Crippen molar-refractivity contribution in [3.8, 4) is 22.8 Å². The molecule has 7 nitrogen and oxygen atoms in total. The molecule has 3 heterocycles. The van der Waals surface area contributed by atoms with Gasteiger partial charge in [-0.1, -0.05) is 0 Å². The Morgan fingerprint density at radius 2 is 1.43 bits per heavy atom. The van der Waals surface area contributed by atoms with E-state index in [9.17, 15) is 0 Å². The Balaban J connectivity index is 1.51. The first-order valence-corrected chi connectivity index (χ1v) is 9.23. The van der Waals surface area contributed by atoms with E-state index in [0.29, 0.717) is 0 Å². The van der Waals surface area contributed by atoms with E-state index in [0.717, 1.165) is 60.4 Å². The first kappa shape index (κ1) is 18.0. The van der Waals surface area contributed by atoms with Crippen molar-refractivity contribution in [3.05, 3.63) is 55.1 Å². The van der Waals surface area contributed by atoms with Crippen molar-refractivity contribution in [2.45, 2.75) is 0 Å². The molecule has 0 unspecified atom stereocenters. The fourth-order valence-corrected chi connectivity index (χ4v) is 3.47. The number of piperazine rings is 1. The average Bonchev–Trinajstić information content (AvgIpc) is 2.79. The van der Waals surface area contributed by atoms with Crippen LogP contribution in [0.25, 0.3) is 11.3 Å². The van der Waals surface area contributed by atoms with Crippen molar-refractivity contribution in [1.29, 1.82) is 0 Å². The fraction of sp³-hybridized carbons (Fsp3) is 0.286. The summed E-state index contributed by atoms with van der Waals surface area (Å²) in [5, 5.41) is 0. The van der Waals surface area contributed by atoms with Crippen molar-refractivity contribution in [3.63, 3.8) is 0 Å². The van der Waals surface area contributed by atoms with E-state index in [4.69, 9.17) is 9.47 Å². The van der Waals surface area contributed by atoms with Crippen LogP contribution in [-0.2, 0) is 0 Å². The maximum atomic E-state index is 5.44. The maximum absolute atomic E-state index is 5.44. The second-order valence-corrected chi connectivity index (χ2v) is 6.48. The summed E-state index contributed by atoms with van der Waals surface area (Å²) in [6.07, 6.45) is 7.05. The molecule has 0 aliphatic carbocycles. The molecule has 1 saturated heterocycles. The molecule has 0 spiro atoms. The van der Waals surface area contributed by atoms with Crippen LogP contribution in [0.4, 0.5) is 11.5 Å². The van der Waals surface area contributed by atoms with E-state index in [1.165, 1.54) is 0 Å². The van der Waals surface area contributed by atoms with E-state index in [1.54, 1.807) is 39.0 Å². The lowest BCUT2D eigenvalue weighted by Crippen LogP contribution is -2.47. The fourth-order valence-electron chi connectivity index (χ4n) is 3.47. The third kappa shape index (κ3) is 3.55. The molecule has 3 aromatic rings. The first-order valence-electron chi connectivity index (χ1n) is 9.23. The van der Waals surface area contributed by atoms with Gasteiger partial charge in [0.25, 0.3) is 0 Å². The molecular formula is C21H23N5O2. The van der Waals surface area contributed by atoms with Crippen molar-refractivity contribution in [1.82, 2.24) is 15.0 Å². The molecule has 1 aromatic carbocycles. The first-order chi connectivity index (χ1) is 13.8. The molecule has 1 fully saturated rings. The second-order valence-electron chi connectivity index (χ2n) is 6.48. The smallest absolute Gasteiger partial charge is 0.162 e. The SMILES string of the molecule is COc1ccc(N2CCN(c3nccnc3-c3ccncc3)CC2)cc1OC. The number of aromatic nitrogens is 3. The Hall–Kier alpha value is -3.35. The van der Waals surface area contributed by atoms with E-state index in [-0.39, 0.29) is 0 Å². The molecular weight excluding hydrogens is 354 g/mol. The number of methoxy groups -OCH3 is 2. The summed E-state index contributed by atoms with van der Waals surface area (Å²) in [4.78, 5) is 17.9. The number of rotatable bonds is 5. The minimum Gasteiger partial charge on any atom is -0.493 e. The van der Waals surface area contributed by atoms with Gasteiger partial charge in [-0.2, -0.15) is 0 Å². The van der Waals surface area contributed by atoms with Crippen LogP contribution in [0.1, 0.15) is 0 Å². The molecule has 0 atom stereocenters. The molecule has 0 radical (unpaired) electrons. The van der Waals surface area contributed by atoms with Gasteiger partial charge in [-0.25, -0.2) is 4.98 Å². The van der Waals surface area contributed by atoms with Crippen molar-refractivity contribution >= 4 is 11.5 Å². The Kier molecular flexibility index (Phi) is 5.23. The van der Waals surface area contributed by atoms with E-state index in [2.05, 4.69) is 30.8 Å². The van der Waals surface area contributed by atoms with E-state index in [1.807, 2.05) is 24.3 Å². The highest BCUT2D eigenvalue weighted by molar-refractivity contribution is 5.72. The second kappa shape index (κ2) is 8.12. The number of hydrogen-bond donors (Lipinski definition) is 0. The summed E-state index contributed by atoms with van der Waals surface area (Å²) in [7, 11) is 3.31. The highest BCUT2D eigenvalue weighted by Crippen LogP contribution is 2.33. The Bertz CT molecular complexity index is 927. The van der Waals surface area contributed by atoms with Crippen LogP contribution in [0.5, 0.6) is 11.5 Å². The van der Waals surface area contributed by atoms with Crippen LogP contribution < -0.4 is 19.3 Å². The Labute approximate surface area is 164 Å². The topological polar surface area (TPSA) is 63.6 Å². The quantitative estimate of drug-likeness (QED) is 0.677. The largest absolute Gasteiger partial charge is 0.493 e. The summed E-state index contributed by atoms with van der Waals surface area (Å²) in [6, 6.07) is 9.98. The van der Waals surface area contributed by atoms with Gasteiger partial charge in [0, 0.05) is 68.3 Å². The lowest BCUT2D eigenvalue weighted by molar-refractivity contribution is 0.355. The number of hydrogen-bond acceptors (Lipinski definition) is 7. The minimum absolute atomic E-state index is 0.742. The van der Waals surface area contributed by atoms with Gasteiger partial charge in [0.2, 0.25) is 0 Å². The molecule has 28 heavy (non-hydrogen) atoms. The molecule has 0 bridgehead atoms. The van der Waals surface area contributed by atoms with Gasteiger partial charge in [-0.3, -0.25) is 9.97 Å². The van der Waals surface area contributed by atoms with Gasteiger partial charge >= 0.3 is 0 Å².